The van der Waals surface area contributed by atoms with Gasteiger partial charge in [0.2, 0.25) is 0 Å². The van der Waals surface area contributed by atoms with Gasteiger partial charge < -0.3 is 4.74 Å². The summed E-state index contributed by atoms with van der Waals surface area (Å²) in [6, 6.07) is 3.07. The van der Waals surface area contributed by atoms with Gasteiger partial charge in [0.15, 0.2) is 5.78 Å². The third-order valence-electron chi connectivity index (χ3n) is 1.97. The van der Waals surface area contributed by atoms with Crippen LogP contribution in [0.1, 0.15) is 19.4 Å². The second kappa shape index (κ2) is 5.70. The topological polar surface area (TPSA) is 26.3 Å². The van der Waals surface area contributed by atoms with E-state index in [0.717, 1.165) is 18.2 Å². The summed E-state index contributed by atoms with van der Waals surface area (Å²) in [5.74, 6) is -1.38. The van der Waals surface area contributed by atoms with Crippen molar-refractivity contribution in [1.29, 1.82) is 0 Å². The van der Waals surface area contributed by atoms with Gasteiger partial charge in [-0.05, 0) is 37.6 Å². The molecule has 0 fully saturated rings. The zero-order valence-corrected chi connectivity index (χ0v) is 9.30. The number of benzene rings is 1. The van der Waals surface area contributed by atoms with Crippen molar-refractivity contribution in [3.05, 3.63) is 35.4 Å². The predicted molar refractivity (Wildman–Crippen MR) is 56.2 cm³/mol. The van der Waals surface area contributed by atoms with Crippen molar-refractivity contribution in [2.45, 2.75) is 26.4 Å². The Hall–Kier alpha value is -1.29. The van der Waals surface area contributed by atoms with Gasteiger partial charge >= 0.3 is 0 Å². The van der Waals surface area contributed by atoms with E-state index in [1.165, 1.54) is 0 Å². The van der Waals surface area contributed by atoms with Crippen molar-refractivity contribution >= 4 is 5.78 Å². The molecule has 0 atom stereocenters. The van der Waals surface area contributed by atoms with E-state index in [-0.39, 0.29) is 30.5 Å². The quantitative estimate of drug-likeness (QED) is 0.774. The third-order valence-corrected chi connectivity index (χ3v) is 1.97. The second-order valence-corrected chi connectivity index (χ2v) is 3.81. The molecule has 0 aromatic heterocycles. The average Bonchev–Trinajstić information content (AvgIpc) is 2.20. The van der Waals surface area contributed by atoms with Crippen LogP contribution in [0.2, 0.25) is 0 Å². The molecule has 0 N–H and O–H groups in total. The van der Waals surface area contributed by atoms with Gasteiger partial charge in [0.1, 0.15) is 18.2 Å². The van der Waals surface area contributed by atoms with Crippen LogP contribution >= 0.6 is 0 Å². The molecule has 0 bridgehead atoms. The van der Waals surface area contributed by atoms with Crippen LogP contribution in [0.5, 0.6) is 0 Å². The lowest BCUT2D eigenvalue weighted by Gasteiger charge is -2.07. The highest BCUT2D eigenvalue weighted by atomic mass is 19.1. The summed E-state index contributed by atoms with van der Waals surface area (Å²) in [6.45, 7) is 3.53. The van der Waals surface area contributed by atoms with Crippen LogP contribution in [0.3, 0.4) is 0 Å². The lowest BCUT2D eigenvalue weighted by Crippen LogP contribution is -2.15. The van der Waals surface area contributed by atoms with E-state index in [0.29, 0.717) is 0 Å². The van der Waals surface area contributed by atoms with E-state index in [2.05, 4.69) is 0 Å². The SMILES string of the molecule is CC(C)OCC(=O)Cc1cc(F)ccc1F. The van der Waals surface area contributed by atoms with Crippen LogP contribution in [-0.4, -0.2) is 18.5 Å². The fraction of sp³-hybridized carbons (Fsp3) is 0.417. The second-order valence-electron chi connectivity index (χ2n) is 3.81. The van der Waals surface area contributed by atoms with Crippen molar-refractivity contribution in [1.82, 2.24) is 0 Å². The Labute approximate surface area is 93.2 Å². The number of hydrogen-bond donors (Lipinski definition) is 0. The number of ether oxygens (including phenoxy) is 1. The number of hydrogen-bond acceptors (Lipinski definition) is 2. The van der Waals surface area contributed by atoms with Crippen molar-refractivity contribution in [2.24, 2.45) is 0 Å². The minimum atomic E-state index is -0.570. The van der Waals surface area contributed by atoms with Gasteiger partial charge in [0, 0.05) is 6.42 Å². The van der Waals surface area contributed by atoms with Crippen LogP contribution in [0.15, 0.2) is 18.2 Å². The molecule has 0 aliphatic carbocycles. The van der Waals surface area contributed by atoms with E-state index in [1.807, 2.05) is 0 Å². The molecular formula is C12H14F2O2. The normalized spacial score (nSPS) is 10.8. The van der Waals surface area contributed by atoms with Crippen LogP contribution in [0.25, 0.3) is 0 Å². The van der Waals surface area contributed by atoms with E-state index in [4.69, 9.17) is 4.74 Å². The zero-order chi connectivity index (χ0) is 12.1. The number of Topliss-reactive ketones (excluding diaryl/α,β-unsaturated/α-hetero) is 1. The first-order valence-electron chi connectivity index (χ1n) is 5.06. The van der Waals surface area contributed by atoms with Gasteiger partial charge in [-0.25, -0.2) is 8.78 Å². The number of halogens is 2. The van der Waals surface area contributed by atoms with Crippen LogP contribution in [-0.2, 0) is 16.0 Å². The zero-order valence-electron chi connectivity index (χ0n) is 9.30. The first kappa shape index (κ1) is 12.8. The van der Waals surface area contributed by atoms with Crippen molar-refractivity contribution < 1.29 is 18.3 Å². The maximum Gasteiger partial charge on any atom is 0.162 e. The highest BCUT2D eigenvalue weighted by molar-refractivity contribution is 5.82. The number of carbonyl (C=O) groups is 1. The molecule has 0 radical (unpaired) electrons. The molecular weight excluding hydrogens is 214 g/mol. The lowest BCUT2D eigenvalue weighted by atomic mass is 10.1. The van der Waals surface area contributed by atoms with E-state index in [9.17, 15) is 13.6 Å². The molecule has 16 heavy (non-hydrogen) atoms. The minimum Gasteiger partial charge on any atom is -0.371 e. The monoisotopic (exact) mass is 228 g/mol. The minimum absolute atomic E-state index is 0.0543. The Bertz CT molecular complexity index is 375. The molecule has 1 aromatic carbocycles. The molecule has 1 rings (SSSR count). The van der Waals surface area contributed by atoms with Gasteiger partial charge in [-0.1, -0.05) is 0 Å². The summed E-state index contributed by atoms with van der Waals surface area (Å²) in [4.78, 5) is 11.4. The predicted octanol–water partition coefficient (Wildman–Crippen LogP) is 2.50. The Morgan fingerprint density at radius 3 is 2.69 bits per heavy atom. The Balaban J connectivity index is 2.59. The maximum absolute atomic E-state index is 13.2. The lowest BCUT2D eigenvalue weighted by molar-refractivity contribution is -0.124. The van der Waals surface area contributed by atoms with Crippen LogP contribution < -0.4 is 0 Å². The van der Waals surface area contributed by atoms with E-state index < -0.39 is 11.6 Å². The molecule has 0 spiro atoms. The molecule has 88 valence electrons. The van der Waals surface area contributed by atoms with E-state index in [1.54, 1.807) is 13.8 Å². The highest BCUT2D eigenvalue weighted by Crippen LogP contribution is 2.10. The Morgan fingerprint density at radius 1 is 1.38 bits per heavy atom. The molecule has 1 aromatic rings. The molecule has 0 saturated carbocycles. The molecule has 0 heterocycles. The summed E-state index contributed by atoms with van der Waals surface area (Å²) in [5, 5.41) is 0. The van der Waals surface area contributed by atoms with Crippen molar-refractivity contribution in [2.75, 3.05) is 6.61 Å². The summed E-state index contributed by atoms with van der Waals surface area (Å²) in [7, 11) is 0. The van der Waals surface area contributed by atoms with Gasteiger partial charge in [0.05, 0.1) is 6.10 Å². The third kappa shape index (κ3) is 4.06. The summed E-state index contributed by atoms with van der Waals surface area (Å²) >= 11 is 0. The molecule has 0 aliphatic heterocycles. The van der Waals surface area contributed by atoms with Gasteiger partial charge in [0.25, 0.3) is 0 Å². The first-order chi connectivity index (χ1) is 7.49. The maximum atomic E-state index is 13.2. The van der Waals surface area contributed by atoms with Gasteiger partial charge in [-0.2, -0.15) is 0 Å². The molecule has 0 amide bonds. The molecule has 0 unspecified atom stereocenters. The smallest absolute Gasteiger partial charge is 0.162 e. The standard InChI is InChI=1S/C12H14F2O2/c1-8(2)16-7-11(15)6-9-5-10(13)3-4-12(9)14/h3-5,8H,6-7H2,1-2H3. The Kier molecular flexibility index (Phi) is 4.55. The van der Waals surface area contributed by atoms with Crippen LogP contribution in [0, 0.1) is 11.6 Å². The Morgan fingerprint density at radius 2 is 2.06 bits per heavy atom. The fourth-order valence-corrected chi connectivity index (χ4v) is 1.20. The summed E-state index contributed by atoms with van der Waals surface area (Å²) < 4.78 is 31.1. The summed E-state index contributed by atoms with van der Waals surface area (Å²) in [6.07, 6.45) is -0.197. The van der Waals surface area contributed by atoms with Crippen LogP contribution in [0.4, 0.5) is 8.78 Å². The van der Waals surface area contributed by atoms with Crippen molar-refractivity contribution in [3.63, 3.8) is 0 Å². The van der Waals surface area contributed by atoms with Gasteiger partial charge in [-0.3, -0.25) is 4.79 Å². The molecule has 0 saturated heterocycles. The van der Waals surface area contributed by atoms with E-state index >= 15 is 0 Å². The largest absolute Gasteiger partial charge is 0.371 e. The number of rotatable bonds is 5. The van der Waals surface area contributed by atoms with Gasteiger partial charge in [-0.15, -0.1) is 0 Å². The molecule has 4 heteroatoms. The fourth-order valence-electron chi connectivity index (χ4n) is 1.20. The summed E-state index contributed by atoms with van der Waals surface area (Å²) in [5.41, 5.74) is 0.0670. The number of carbonyl (C=O) groups excluding carboxylic acids is 1. The molecule has 0 aliphatic rings. The average molecular weight is 228 g/mol. The first-order valence-corrected chi connectivity index (χ1v) is 5.06. The number of ketones is 1. The molecule has 2 nitrogen and oxygen atoms in total. The highest BCUT2D eigenvalue weighted by Gasteiger charge is 2.10. The van der Waals surface area contributed by atoms with Crippen molar-refractivity contribution in [3.8, 4) is 0 Å².